The quantitative estimate of drug-likeness (QED) is 0.725. The molecule has 2 aromatic rings. The zero-order chi connectivity index (χ0) is 10.7. The smallest absolute Gasteiger partial charge is 0.0998 e. The zero-order valence-corrected chi connectivity index (χ0v) is 8.58. The van der Waals surface area contributed by atoms with Crippen LogP contribution in [0, 0.1) is 22.7 Å². The van der Waals surface area contributed by atoms with Gasteiger partial charge in [0.1, 0.15) is 0 Å². The number of hydrogen-bond donors (Lipinski definition) is 0. The van der Waals surface area contributed by atoms with Crippen molar-refractivity contribution in [2.24, 2.45) is 0 Å². The minimum Gasteiger partial charge on any atom is -0.192 e. The number of hydrogen-bond acceptors (Lipinski definition) is 3. The van der Waals surface area contributed by atoms with E-state index in [-0.39, 0.29) is 0 Å². The summed E-state index contributed by atoms with van der Waals surface area (Å²) in [5, 5.41) is 19.7. The van der Waals surface area contributed by atoms with Crippen molar-refractivity contribution in [3.8, 4) is 22.6 Å². The van der Waals surface area contributed by atoms with Crippen LogP contribution in [-0.4, -0.2) is 0 Å². The van der Waals surface area contributed by atoms with Gasteiger partial charge in [0.2, 0.25) is 0 Å². The molecule has 0 unspecified atom stereocenters. The lowest BCUT2D eigenvalue weighted by atomic mass is 10.0. The minimum atomic E-state index is 0.520. The van der Waals surface area contributed by atoms with E-state index in [0.29, 0.717) is 11.1 Å². The molecule has 0 atom stereocenters. The van der Waals surface area contributed by atoms with Gasteiger partial charge in [-0.3, -0.25) is 0 Å². The summed E-state index contributed by atoms with van der Waals surface area (Å²) in [6, 6.07) is 13.2. The molecule has 0 amide bonds. The summed E-state index contributed by atoms with van der Waals surface area (Å²) in [4.78, 5) is 1.05. The van der Waals surface area contributed by atoms with Gasteiger partial charge >= 0.3 is 0 Å². The molecule has 2 nitrogen and oxygen atoms in total. The first-order valence-corrected chi connectivity index (χ1v) is 5.21. The Hall–Kier alpha value is -2.10. The molecule has 1 heterocycles. The van der Waals surface area contributed by atoms with E-state index in [2.05, 4.69) is 6.07 Å². The average Bonchev–Trinajstić information content (AvgIpc) is 2.81. The summed E-state index contributed by atoms with van der Waals surface area (Å²) >= 11 is 1.58. The van der Waals surface area contributed by atoms with Gasteiger partial charge in [0.05, 0.1) is 23.3 Å². The molecule has 0 saturated heterocycles. The van der Waals surface area contributed by atoms with Crippen molar-refractivity contribution in [3.05, 3.63) is 46.8 Å². The Bertz CT molecular complexity index is 556. The van der Waals surface area contributed by atoms with E-state index < -0.39 is 0 Å². The summed E-state index contributed by atoms with van der Waals surface area (Å²) in [6.07, 6.45) is 0. The highest BCUT2D eigenvalue weighted by Crippen LogP contribution is 2.28. The van der Waals surface area contributed by atoms with Gasteiger partial charge in [0.15, 0.2) is 0 Å². The molecule has 0 radical (unpaired) electrons. The first-order valence-electron chi connectivity index (χ1n) is 4.33. The lowest BCUT2D eigenvalue weighted by molar-refractivity contribution is 1.45. The predicted molar refractivity (Wildman–Crippen MR) is 59.2 cm³/mol. The maximum Gasteiger partial charge on any atom is 0.0998 e. The topological polar surface area (TPSA) is 47.6 Å². The first-order chi connectivity index (χ1) is 7.35. The summed E-state index contributed by atoms with van der Waals surface area (Å²) in [5.74, 6) is 0. The van der Waals surface area contributed by atoms with E-state index in [1.807, 2.05) is 29.6 Å². The molecule has 0 aliphatic heterocycles. The molecule has 0 saturated carbocycles. The maximum absolute atomic E-state index is 8.98. The molecule has 15 heavy (non-hydrogen) atoms. The van der Waals surface area contributed by atoms with Gasteiger partial charge in [-0.25, -0.2) is 0 Å². The van der Waals surface area contributed by atoms with Crippen LogP contribution in [0.2, 0.25) is 0 Å². The number of benzene rings is 1. The molecular weight excluding hydrogens is 204 g/mol. The van der Waals surface area contributed by atoms with Gasteiger partial charge in [-0.2, -0.15) is 10.5 Å². The van der Waals surface area contributed by atoms with Crippen LogP contribution < -0.4 is 0 Å². The molecule has 0 N–H and O–H groups in total. The Morgan fingerprint density at radius 2 is 1.93 bits per heavy atom. The van der Waals surface area contributed by atoms with Crippen molar-refractivity contribution < 1.29 is 0 Å². The SMILES string of the molecule is N#Cc1ccc(-c2cccs2)c(C#N)c1. The monoisotopic (exact) mass is 210 g/mol. The highest BCUT2D eigenvalue weighted by Gasteiger charge is 2.06. The Kier molecular flexibility index (Phi) is 2.49. The lowest BCUT2D eigenvalue weighted by Crippen LogP contribution is -1.83. The molecule has 3 heteroatoms. The fraction of sp³-hybridized carbons (Fsp3) is 0. The van der Waals surface area contributed by atoms with E-state index in [1.54, 1.807) is 23.5 Å². The van der Waals surface area contributed by atoms with Gasteiger partial charge in [0.25, 0.3) is 0 Å². The Morgan fingerprint density at radius 1 is 1.07 bits per heavy atom. The number of nitrogens with zero attached hydrogens (tertiary/aromatic N) is 2. The third-order valence-corrected chi connectivity index (χ3v) is 2.96. The molecule has 0 spiro atoms. The largest absolute Gasteiger partial charge is 0.192 e. The van der Waals surface area contributed by atoms with Crippen LogP contribution in [0.1, 0.15) is 11.1 Å². The second kappa shape index (κ2) is 3.96. The maximum atomic E-state index is 8.98. The summed E-state index contributed by atoms with van der Waals surface area (Å²) in [5.41, 5.74) is 1.97. The molecule has 1 aromatic heterocycles. The van der Waals surface area contributed by atoms with Crippen LogP contribution in [0.15, 0.2) is 35.7 Å². The fourth-order valence-electron chi connectivity index (χ4n) is 1.35. The van der Waals surface area contributed by atoms with Gasteiger partial charge in [-0.05, 0) is 23.6 Å². The molecule has 2 rings (SSSR count). The number of nitriles is 2. The van der Waals surface area contributed by atoms with E-state index in [4.69, 9.17) is 10.5 Å². The van der Waals surface area contributed by atoms with Crippen LogP contribution in [0.3, 0.4) is 0 Å². The van der Waals surface area contributed by atoms with Crippen molar-refractivity contribution in [2.45, 2.75) is 0 Å². The van der Waals surface area contributed by atoms with Crippen molar-refractivity contribution in [2.75, 3.05) is 0 Å². The lowest BCUT2D eigenvalue weighted by Gasteiger charge is -2.00. The molecule has 0 aliphatic rings. The Balaban J connectivity index is 2.60. The normalized spacial score (nSPS) is 9.20. The zero-order valence-electron chi connectivity index (χ0n) is 7.77. The van der Waals surface area contributed by atoms with E-state index in [1.165, 1.54) is 0 Å². The second-order valence-corrected chi connectivity index (χ2v) is 3.91. The van der Waals surface area contributed by atoms with Crippen molar-refractivity contribution >= 4 is 11.3 Å². The summed E-state index contributed by atoms with van der Waals surface area (Å²) in [7, 11) is 0. The molecular formula is C12H6N2S. The van der Waals surface area contributed by atoms with Gasteiger partial charge in [-0.1, -0.05) is 12.1 Å². The highest BCUT2D eigenvalue weighted by molar-refractivity contribution is 7.13. The number of thiophene rings is 1. The van der Waals surface area contributed by atoms with E-state index >= 15 is 0 Å². The fourth-order valence-corrected chi connectivity index (χ4v) is 2.12. The number of rotatable bonds is 1. The standard InChI is InChI=1S/C12H6N2S/c13-7-9-3-4-11(10(6-9)8-14)12-2-1-5-15-12/h1-6H. The third-order valence-electron chi connectivity index (χ3n) is 2.06. The van der Waals surface area contributed by atoms with E-state index in [0.717, 1.165) is 10.4 Å². The van der Waals surface area contributed by atoms with Crippen LogP contribution in [-0.2, 0) is 0 Å². The van der Waals surface area contributed by atoms with Crippen LogP contribution in [0.4, 0.5) is 0 Å². The molecule has 0 aliphatic carbocycles. The molecule has 0 fully saturated rings. The summed E-state index contributed by atoms with van der Waals surface area (Å²) in [6.45, 7) is 0. The first kappa shape index (κ1) is 9.45. The van der Waals surface area contributed by atoms with Crippen molar-refractivity contribution in [1.29, 1.82) is 10.5 Å². The van der Waals surface area contributed by atoms with E-state index in [9.17, 15) is 0 Å². The van der Waals surface area contributed by atoms with Crippen molar-refractivity contribution in [1.82, 2.24) is 0 Å². The van der Waals surface area contributed by atoms with Gasteiger partial charge < -0.3 is 0 Å². The van der Waals surface area contributed by atoms with Crippen LogP contribution in [0.25, 0.3) is 10.4 Å². The van der Waals surface area contributed by atoms with Crippen molar-refractivity contribution in [3.63, 3.8) is 0 Å². The molecule has 1 aromatic carbocycles. The Labute approximate surface area is 91.6 Å². The third kappa shape index (κ3) is 1.74. The van der Waals surface area contributed by atoms with Crippen LogP contribution in [0.5, 0.6) is 0 Å². The summed E-state index contributed by atoms with van der Waals surface area (Å²) < 4.78 is 0. The highest BCUT2D eigenvalue weighted by atomic mass is 32.1. The van der Waals surface area contributed by atoms with Gasteiger partial charge in [-0.15, -0.1) is 11.3 Å². The minimum absolute atomic E-state index is 0.520. The second-order valence-electron chi connectivity index (χ2n) is 2.96. The average molecular weight is 210 g/mol. The van der Waals surface area contributed by atoms with Gasteiger partial charge in [0, 0.05) is 10.4 Å². The molecule has 0 bridgehead atoms. The van der Waals surface area contributed by atoms with Crippen LogP contribution >= 0.6 is 11.3 Å². The molecule has 70 valence electrons. The Morgan fingerprint density at radius 3 is 2.53 bits per heavy atom. The predicted octanol–water partition coefficient (Wildman–Crippen LogP) is 3.16.